The zero-order chi connectivity index (χ0) is 10.2. The van der Waals surface area contributed by atoms with E-state index in [0.29, 0.717) is 11.6 Å². The summed E-state index contributed by atoms with van der Waals surface area (Å²) >= 11 is 0. The smallest absolute Gasteiger partial charge is 0.267 e. The summed E-state index contributed by atoms with van der Waals surface area (Å²) < 4.78 is 25.7. The number of hydrogen-bond acceptors (Lipinski definition) is 4. The summed E-state index contributed by atoms with van der Waals surface area (Å²) in [6.07, 6.45) is 2.69. The first-order valence-electron chi connectivity index (χ1n) is 4.27. The lowest BCUT2D eigenvalue weighted by atomic mass is 10.3. The summed E-state index contributed by atoms with van der Waals surface area (Å²) in [5, 5.41) is 0. The third kappa shape index (κ3) is 1.73. The van der Waals surface area contributed by atoms with Crippen LogP contribution in [0.15, 0.2) is 12.4 Å². The number of anilines is 2. The van der Waals surface area contributed by atoms with Gasteiger partial charge in [-0.3, -0.25) is 0 Å². The number of aromatic nitrogens is 2. The predicted octanol–water partition coefficient (Wildman–Crippen LogP) is 0.904. The number of halogens is 2. The quantitative estimate of drug-likeness (QED) is 0.731. The Morgan fingerprint density at radius 3 is 2.50 bits per heavy atom. The molecule has 1 aromatic heterocycles. The Labute approximate surface area is 79.8 Å². The molecule has 1 aromatic rings. The van der Waals surface area contributed by atoms with Gasteiger partial charge in [-0.1, -0.05) is 0 Å². The lowest BCUT2D eigenvalue weighted by Crippen LogP contribution is -2.26. The van der Waals surface area contributed by atoms with Crippen LogP contribution in [-0.2, 0) is 0 Å². The van der Waals surface area contributed by atoms with Gasteiger partial charge in [0.1, 0.15) is 0 Å². The topological polar surface area (TPSA) is 55.0 Å². The molecule has 2 heterocycles. The molecule has 14 heavy (non-hydrogen) atoms. The third-order valence-corrected chi connectivity index (χ3v) is 2.11. The second kappa shape index (κ2) is 3.04. The van der Waals surface area contributed by atoms with Gasteiger partial charge < -0.3 is 10.6 Å². The molecular weight excluding hydrogens is 190 g/mol. The van der Waals surface area contributed by atoms with Gasteiger partial charge in [0.2, 0.25) is 5.95 Å². The van der Waals surface area contributed by atoms with Gasteiger partial charge in [0.25, 0.3) is 5.92 Å². The van der Waals surface area contributed by atoms with Crippen LogP contribution in [0, 0.1) is 0 Å². The number of hydrogen-bond donors (Lipinski definition) is 1. The monoisotopic (exact) mass is 200 g/mol. The van der Waals surface area contributed by atoms with Crippen LogP contribution in [0.25, 0.3) is 0 Å². The van der Waals surface area contributed by atoms with Crippen LogP contribution in [0.3, 0.4) is 0 Å². The molecule has 1 aliphatic heterocycles. The van der Waals surface area contributed by atoms with Crippen molar-refractivity contribution in [1.29, 1.82) is 0 Å². The Morgan fingerprint density at radius 1 is 1.36 bits per heavy atom. The Balaban J connectivity index is 2.14. The van der Waals surface area contributed by atoms with E-state index >= 15 is 0 Å². The fraction of sp³-hybridized carbons (Fsp3) is 0.500. The first-order valence-corrected chi connectivity index (χ1v) is 4.27. The molecule has 0 bridgehead atoms. The van der Waals surface area contributed by atoms with Crippen molar-refractivity contribution in [2.45, 2.75) is 12.3 Å². The first-order chi connectivity index (χ1) is 6.57. The Bertz CT molecular complexity index is 325. The molecule has 0 amide bonds. The summed E-state index contributed by atoms with van der Waals surface area (Å²) in [5.74, 6) is -2.30. The number of nitrogens with two attached hydrogens (primary N) is 1. The van der Waals surface area contributed by atoms with Crippen molar-refractivity contribution in [3.05, 3.63) is 12.4 Å². The SMILES string of the molecule is Nc1cnc(N2CCC(F)(F)C2)nc1. The highest BCUT2D eigenvalue weighted by Crippen LogP contribution is 2.28. The molecule has 6 heteroatoms. The van der Waals surface area contributed by atoms with Gasteiger partial charge in [-0.25, -0.2) is 18.7 Å². The van der Waals surface area contributed by atoms with Gasteiger partial charge in [0.15, 0.2) is 0 Å². The van der Waals surface area contributed by atoms with Crippen LogP contribution in [0.2, 0.25) is 0 Å². The van der Waals surface area contributed by atoms with E-state index in [1.807, 2.05) is 0 Å². The van der Waals surface area contributed by atoms with Crippen LogP contribution in [-0.4, -0.2) is 29.0 Å². The average Bonchev–Trinajstić information content (AvgIpc) is 2.47. The zero-order valence-corrected chi connectivity index (χ0v) is 7.45. The van der Waals surface area contributed by atoms with Crippen LogP contribution in [0.5, 0.6) is 0 Å². The van der Waals surface area contributed by atoms with Gasteiger partial charge in [-0.15, -0.1) is 0 Å². The molecule has 0 unspecified atom stereocenters. The van der Waals surface area contributed by atoms with Crippen LogP contribution >= 0.6 is 0 Å². The van der Waals surface area contributed by atoms with Crippen molar-refractivity contribution in [1.82, 2.24) is 9.97 Å². The minimum Gasteiger partial charge on any atom is -0.396 e. The molecule has 76 valence electrons. The Morgan fingerprint density at radius 2 is 2.00 bits per heavy atom. The number of nitrogen functional groups attached to an aromatic ring is 1. The number of rotatable bonds is 1. The molecule has 0 saturated carbocycles. The van der Waals surface area contributed by atoms with E-state index in [1.165, 1.54) is 17.3 Å². The average molecular weight is 200 g/mol. The van der Waals surface area contributed by atoms with Crippen molar-refractivity contribution in [3.63, 3.8) is 0 Å². The van der Waals surface area contributed by atoms with E-state index < -0.39 is 5.92 Å². The van der Waals surface area contributed by atoms with Crippen molar-refractivity contribution in [2.24, 2.45) is 0 Å². The van der Waals surface area contributed by atoms with E-state index in [4.69, 9.17) is 5.73 Å². The van der Waals surface area contributed by atoms with Gasteiger partial charge in [0.05, 0.1) is 24.6 Å². The summed E-state index contributed by atoms with van der Waals surface area (Å²) in [6.45, 7) is -0.0200. The molecule has 0 aliphatic carbocycles. The lowest BCUT2D eigenvalue weighted by Gasteiger charge is -2.15. The van der Waals surface area contributed by atoms with Gasteiger partial charge in [-0.2, -0.15) is 0 Å². The standard InChI is InChI=1S/C8H10F2N4/c9-8(10)1-2-14(5-8)7-12-3-6(11)4-13-7/h3-4H,1-2,5,11H2. The van der Waals surface area contributed by atoms with E-state index in [9.17, 15) is 8.78 Å². The molecule has 0 atom stereocenters. The third-order valence-electron chi connectivity index (χ3n) is 2.11. The molecular formula is C8H10F2N4. The van der Waals surface area contributed by atoms with Gasteiger partial charge in [0, 0.05) is 13.0 Å². The molecule has 0 radical (unpaired) electrons. The molecule has 0 aromatic carbocycles. The van der Waals surface area contributed by atoms with Crippen LogP contribution in [0.1, 0.15) is 6.42 Å². The van der Waals surface area contributed by atoms with E-state index in [1.54, 1.807) is 0 Å². The van der Waals surface area contributed by atoms with Crippen LogP contribution < -0.4 is 10.6 Å². The fourth-order valence-electron chi connectivity index (χ4n) is 1.40. The Hall–Kier alpha value is -1.46. The summed E-state index contributed by atoms with van der Waals surface area (Å²) in [6, 6.07) is 0. The molecule has 1 aliphatic rings. The normalized spacial score (nSPS) is 20.0. The minimum absolute atomic E-state index is 0.138. The molecule has 2 rings (SSSR count). The lowest BCUT2D eigenvalue weighted by molar-refractivity contribution is 0.0256. The number of alkyl halides is 2. The highest BCUT2D eigenvalue weighted by molar-refractivity contribution is 5.38. The largest absolute Gasteiger partial charge is 0.396 e. The predicted molar refractivity (Wildman–Crippen MR) is 48.2 cm³/mol. The highest BCUT2D eigenvalue weighted by atomic mass is 19.3. The highest BCUT2D eigenvalue weighted by Gasteiger charge is 2.39. The molecule has 4 nitrogen and oxygen atoms in total. The van der Waals surface area contributed by atoms with E-state index in [0.717, 1.165) is 0 Å². The second-order valence-corrected chi connectivity index (χ2v) is 3.34. The first kappa shape index (κ1) is 9.11. The summed E-state index contributed by atoms with van der Waals surface area (Å²) in [4.78, 5) is 9.22. The molecule has 2 N–H and O–H groups in total. The minimum atomic E-state index is -2.62. The fourth-order valence-corrected chi connectivity index (χ4v) is 1.40. The maximum atomic E-state index is 12.8. The van der Waals surface area contributed by atoms with Gasteiger partial charge in [-0.05, 0) is 0 Å². The molecule has 1 saturated heterocycles. The van der Waals surface area contributed by atoms with E-state index in [-0.39, 0.29) is 19.5 Å². The maximum Gasteiger partial charge on any atom is 0.267 e. The van der Waals surface area contributed by atoms with Crippen molar-refractivity contribution in [3.8, 4) is 0 Å². The summed E-state index contributed by atoms with van der Waals surface area (Å²) in [5.41, 5.74) is 5.82. The molecule has 0 spiro atoms. The number of nitrogens with zero attached hydrogens (tertiary/aromatic N) is 3. The van der Waals surface area contributed by atoms with Crippen molar-refractivity contribution in [2.75, 3.05) is 23.7 Å². The Kier molecular flexibility index (Phi) is 1.98. The van der Waals surface area contributed by atoms with Crippen molar-refractivity contribution >= 4 is 11.6 Å². The maximum absolute atomic E-state index is 12.8. The second-order valence-electron chi connectivity index (χ2n) is 3.34. The summed E-state index contributed by atoms with van der Waals surface area (Å²) in [7, 11) is 0. The van der Waals surface area contributed by atoms with Crippen LogP contribution in [0.4, 0.5) is 20.4 Å². The van der Waals surface area contributed by atoms with Gasteiger partial charge >= 0.3 is 0 Å². The zero-order valence-electron chi connectivity index (χ0n) is 7.45. The van der Waals surface area contributed by atoms with E-state index in [2.05, 4.69) is 9.97 Å². The molecule has 1 fully saturated rings. The van der Waals surface area contributed by atoms with Crippen molar-refractivity contribution < 1.29 is 8.78 Å².